The second kappa shape index (κ2) is 14.3. The molecule has 49 heavy (non-hydrogen) atoms. The van der Waals surface area contributed by atoms with E-state index in [9.17, 15) is 14.4 Å². The number of hydrogen-bond donors (Lipinski definition) is 1. The van der Waals surface area contributed by atoms with Gasteiger partial charge in [-0.2, -0.15) is 5.10 Å². The van der Waals surface area contributed by atoms with Gasteiger partial charge in [-0.1, -0.05) is 48.3 Å². The maximum Gasteiger partial charge on any atom is 0.410 e. The number of carbonyl (C=O) groups is 3. The van der Waals surface area contributed by atoms with E-state index in [4.69, 9.17) is 25.5 Å². The predicted octanol–water partition coefficient (Wildman–Crippen LogP) is 7.80. The molecule has 0 aromatic heterocycles. The van der Waals surface area contributed by atoms with E-state index in [-0.39, 0.29) is 53.2 Å². The van der Waals surface area contributed by atoms with Gasteiger partial charge in [0.2, 0.25) is 0 Å². The molecule has 1 spiro atoms. The van der Waals surface area contributed by atoms with Crippen LogP contribution in [0.4, 0.5) is 4.79 Å². The quantitative estimate of drug-likeness (QED) is 0.239. The molecule has 1 saturated carbocycles. The normalized spacial score (nSPS) is 29.1. The molecule has 2 amide bonds. The van der Waals surface area contributed by atoms with Gasteiger partial charge in [-0.15, -0.1) is 5.10 Å². The van der Waals surface area contributed by atoms with Crippen LogP contribution in [0.5, 0.6) is 0 Å². The number of ketones is 1. The molecule has 5 aliphatic rings. The smallest absolute Gasteiger partial charge is 0.410 e. The summed E-state index contributed by atoms with van der Waals surface area (Å²) in [6.45, 7) is 18.2. The van der Waals surface area contributed by atoms with Gasteiger partial charge in [0.15, 0.2) is 14.1 Å². The highest BCUT2D eigenvalue weighted by Crippen LogP contribution is 2.57. The van der Waals surface area contributed by atoms with Gasteiger partial charge in [-0.3, -0.25) is 9.59 Å². The Morgan fingerprint density at radius 1 is 1.12 bits per heavy atom. The van der Waals surface area contributed by atoms with E-state index >= 15 is 0 Å². The Bertz CT molecular complexity index is 1460. The summed E-state index contributed by atoms with van der Waals surface area (Å²) in [5.74, 6) is -0.533. The van der Waals surface area contributed by atoms with Crippen molar-refractivity contribution >= 4 is 65.1 Å². The molecular formula is C36H54BrClN4O6Si. The summed E-state index contributed by atoms with van der Waals surface area (Å²) in [6.07, 6.45) is 7.93. The van der Waals surface area contributed by atoms with Crippen molar-refractivity contribution in [2.45, 2.75) is 135 Å². The molecule has 13 heteroatoms. The third-order valence-corrected chi connectivity index (χ3v) is 16.7. The number of amides is 2. The van der Waals surface area contributed by atoms with Crippen molar-refractivity contribution in [3.8, 4) is 0 Å². The zero-order chi connectivity index (χ0) is 36.0. The minimum atomic E-state index is -2.37. The zero-order valence-electron chi connectivity index (χ0n) is 30.5. The monoisotopic (exact) mass is 780 g/mol. The molecule has 0 aromatic carbocycles. The number of piperidine rings is 1. The van der Waals surface area contributed by atoms with E-state index in [1.165, 1.54) is 0 Å². The number of Topliss-reactive ketones (excluding diaryl/α,β-unsaturated/α-hetero) is 1. The molecule has 5 rings (SSSR count). The van der Waals surface area contributed by atoms with Crippen LogP contribution in [-0.2, 0) is 23.5 Å². The van der Waals surface area contributed by atoms with E-state index in [1.54, 1.807) is 4.90 Å². The maximum atomic E-state index is 14.1. The number of likely N-dealkylation sites (tertiary alicyclic amines) is 1. The van der Waals surface area contributed by atoms with Crippen molar-refractivity contribution in [3.63, 3.8) is 0 Å². The summed E-state index contributed by atoms with van der Waals surface area (Å²) < 4.78 is 19.5. The van der Waals surface area contributed by atoms with Gasteiger partial charge >= 0.3 is 6.09 Å². The number of allylic oxidation sites excluding steroid dienone is 3. The number of ether oxygens (including phenoxy) is 2. The highest BCUT2D eigenvalue weighted by Gasteiger charge is 2.63. The predicted molar refractivity (Wildman–Crippen MR) is 199 cm³/mol. The van der Waals surface area contributed by atoms with E-state index in [0.717, 1.165) is 47.9 Å². The van der Waals surface area contributed by atoms with Gasteiger partial charge in [-0.25, -0.2) is 4.79 Å². The van der Waals surface area contributed by atoms with Crippen molar-refractivity contribution < 1.29 is 28.3 Å². The number of fused-ring (bicyclic) bond motifs is 1. The highest BCUT2D eigenvalue weighted by molar-refractivity contribution is 9.11. The first-order valence-corrected chi connectivity index (χ1v) is 21.9. The second-order valence-corrected chi connectivity index (χ2v) is 23.1. The van der Waals surface area contributed by atoms with E-state index < -0.39 is 19.5 Å². The number of rotatable bonds is 9. The first-order chi connectivity index (χ1) is 22.7. The lowest BCUT2D eigenvalue weighted by molar-refractivity contribution is -0.172. The Kier molecular flexibility index (Phi) is 11.2. The van der Waals surface area contributed by atoms with Crippen LogP contribution in [0.3, 0.4) is 0 Å². The number of nitrogens with zero attached hydrogens (tertiary/aromatic N) is 3. The third-order valence-electron chi connectivity index (χ3n) is 10.9. The average Bonchev–Trinajstić information content (AvgIpc) is 3.41. The Labute approximate surface area is 306 Å². The summed E-state index contributed by atoms with van der Waals surface area (Å²) in [7, 11) is -2.37. The molecule has 272 valence electrons. The average molecular weight is 782 g/mol. The van der Waals surface area contributed by atoms with Crippen molar-refractivity contribution in [1.29, 1.82) is 0 Å². The standard InChI is InChI=1S/C36H54BrClN4O6Si/c1-33(2,3)47-32(45)42-16-11-15-35(22-42)20-36(21-35,48-49(7,8)34(4,5)6)31(44)39-19-23(43)13-14-24-25(38)18-26-28(29(24)37)30(41-40-26)27-12-9-10-17-46-27/h18,24,27H,9-17,19-22H2,1-8H3,(H,39,44). The van der Waals surface area contributed by atoms with Crippen LogP contribution in [0.15, 0.2) is 31.4 Å². The lowest BCUT2D eigenvalue weighted by atomic mass is 9.55. The molecule has 2 unspecified atom stereocenters. The fourth-order valence-electron chi connectivity index (χ4n) is 7.45. The molecule has 3 fully saturated rings. The van der Waals surface area contributed by atoms with Crippen LogP contribution in [0.25, 0.3) is 0 Å². The summed E-state index contributed by atoms with van der Waals surface area (Å²) in [5.41, 5.74) is 0.604. The SMILES string of the molecule is CC(C)(C)OC(=O)N1CCCC2(C1)CC(O[Si](C)(C)C(C)(C)C)(C(=O)NCC(=O)CCC1C(Cl)=CC3=NN=C(C4CCCCO4)C3=C1Br)C2. The Hall–Kier alpha value is -1.86. The van der Waals surface area contributed by atoms with Gasteiger partial charge in [0, 0.05) is 47.1 Å². The first kappa shape index (κ1) is 38.4. The Balaban J connectivity index is 1.22. The minimum Gasteiger partial charge on any atom is -0.444 e. The highest BCUT2D eigenvalue weighted by atomic mass is 79.9. The maximum absolute atomic E-state index is 14.1. The fourth-order valence-corrected chi connectivity index (χ4v) is 10.3. The van der Waals surface area contributed by atoms with Crippen molar-refractivity contribution in [2.75, 3.05) is 26.2 Å². The van der Waals surface area contributed by atoms with E-state index in [2.05, 4.69) is 65.3 Å². The van der Waals surface area contributed by atoms with Crippen LogP contribution in [0.1, 0.15) is 99.3 Å². The Morgan fingerprint density at radius 2 is 1.84 bits per heavy atom. The van der Waals surface area contributed by atoms with Crippen LogP contribution in [-0.4, -0.2) is 86.0 Å². The third kappa shape index (κ3) is 8.45. The summed E-state index contributed by atoms with van der Waals surface area (Å²) in [4.78, 5) is 42.1. The van der Waals surface area contributed by atoms with Gasteiger partial charge in [0.25, 0.3) is 5.91 Å². The number of hydrogen-bond acceptors (Lipinski definition) is 8. The molecule has 0 bridgehead atoms. The van der Waals surface area contributed by atoms with Crippen molar-refractivity contribution in [3.05, 3.63) is 21.2 Å². The van der Waals surface area contributed by atoms with Gasteiger partial charge < -0.3 is 24.1 Å². The van der Waals surface area contributed by atoms with Crippen LogP contribution < -0.4 is 5.32 Å². The van der Waals surface area contributed by atoms with Gasteiger partial charge in [0.1, 0.15) is 23.0 Å². The lowest BCUT2D eigenvalue weighted by Crippen LogP contribution is -2.69. The molecule has 2 saturated heterocycles. The summed E-state index contributed by atoms with van der Waals surface area (Å²) in [6, 6.07) is 0. The molecule has 0 radical (unpaired) electrons. The van der Waals surface area contributed by atoms with Crippen LogP contribution in [0, 0.1) is 11.3 Å². The molecular weight excluding hydrogens is 728 g/mol. The lowest BCUT2D eigenvalue weighted by Gasteiger charge is -2.60. The topological polar surface area (TPSA) is 119 Å². The van der Waals surface area contributed by atoms with Gasteiger partial charge in [0.05, 0.1) is 12.3 Å². The molecule has 3 aliphatic heterocycles. The van der Waals surface area contributed by atoms with Crippen molar-refractivity contribution in [2.24, 2.45) is 21.5 Å². The van der Waals surface area contributed by atoms with E-state index in [0.29, 0.717) is 49.7 Å². The molecule has 2 aliphatic carbocycles. The fraction of sp³-hybridized carbons (Fsp3) is 0.750. The number of carbonyl (C=O) groups excluding carboxylic acids is 3. The second-order valence-electron chi connectivity index (χ2n) is 17.1. The zero-order valence-corrected chi connectivity index (χ0v) is 33.8. The van der Waals surface area contributed by atoms with Crippen molar-refractivity contribution in [1.82, 2.24) is 10.2 Å². The largest absolute Gasteiger partial charge is 0.444 e. The Morgan fingerprint density at radius 3 is 2.47 bits per heavy atom. The molecule has 1 N–H and O–H groups in total. The molecule has 10 nitrogen and oxygen atoms in total. The number of halogens is 2. The van der Waals surface area contributed by atoms with Gasteiger partial charge in [-0.05, 0) is 102 Å². The number of nitrogens with one attached hydrogen (secondary N) is 1. The van der Waals surface area contributed by atoms with Crippen LogP contribution in [0.2, 0.25) is 18.1 Å². The summed E-state index contributed by atoms with van der Waals surface area (Å²) >= 11 is 10.5. The summed E-state index contributed by atoms with van der Waals surface area (Å²) in [5, 5.41) is 12.2. The molecule has 3 heterocycles. The molecule has 0 aromatic rings. The first-order valence-electron chi connectivity index (χ1n) is 17.8. The van der Waals surface area contributed by atoms with Crippen LogP contribution >= 0.6 is 27.5 Å². The molecule has 2 atom stereocenters. The minimum absolute atomic E-state index is 0.0798. The van der Waals surface area contributed by atoms with E-state index in [1.807, 2.05) is 26.8 Å².